The summed E-state index contributed by atoms with van der Waals surface area (Å²) < 4.78 is 11.9. The molecule has 3 nitrogen and oxygen atoms in total. The highest BCUT2D eigenvalue weighted by molar-refractivity contribution is 6.61. The van der Waals surface area contributed by atoms with Crippen molar-refractivity contribution in [2.45, 2.75) is 38.9 Å². The van der Waals surface area contributed by atoms with Crippen molar-refractivity contribution in [3.05, 3.63) is 36.4 Å². The monoisotopic (exact) mass is 270 g/mol. The summed E-state index contributed by atoms with van der Waals surface area (Å²) in [5.74, 6) is 0.283. The molecular formula is C16H19BO3. The van der Waals surface area contributed by atoms with Gasteiger partial charge in [-0.25, -0.2) is 0 Å². The van der Waals surface area contributed by atoms with Crippen LogP contribution in [0.1, 0.15) is 27.2 Å². The molecule has 1 atom stereocenters. The molecule has 0 saturated carbocycles. The Bertz CT molecular complexity index is 639. The molecule has 1 aliphatic rings. The van der Waals surface area contributed by atoms with Crippen LogP contribution in [0.25, 0.3) is 10.8 Å². The summed E-state index contributed by atoms with van der Waals surface area (Å²) in [5.41, 5.74) is 0.842. The van der Waals surface area contributed by atoms with Crippen molar-refractivity contribution in [1.29, 1.82) is 0 Å². The lowest BCUT2D eigenvalue weighted by Gasteiger charge is -2.38. The van der Waals surface area contributed by atoms with Crippen LogP contribution in [0.15, 0.2) is 36.4 Å². The lowest BCUT2D eigenvalue weighted by molar-refractivity contribution is -0.0229. The smallest absolute Gasteiger partial charge is 0.494 e. The van der Waals surface area contributed by atoms with E-state index in [1.807, 2.05) is 18.2 Å². The largest absolute Gasteiger partial charge is 0.508 e. The summed E-state index contributed by atoms with van der Waals surface area (Å²) in [4.78, 5) is 0. The van der Waals surface area contributed by atoms with Crippen molar-refractivity contribution in [1.82, 2.24) is 0 Å². The molecule has 0 radical (unpaired) electrons. The topological polar surface area (TPSA) is 38.7 Å². The molecule has 1 unspecified atom stereocenters. The third-order valence-corrected chi connectivity index (χ3v) is 3.68. The zero-order valence-electron chi connectivity index (χ0n) is 12.1. The van der Waals surface area contributed by atoms with E-state index in [0.717, 1.165) is 22.7 Å². The average Bonchev–Trinajstić information content (AvgIpc) is 2.35. The van der Waals surface area contributed by atoms with Crippen LogP contribution in [-0.2, 0) is 9.31 Å². The maximum atomic E-state index is 9.50. The molecule has 1 N–H and O–H groups in total. The van der Waals surface area contributed by atoms with E-state index < -0.39 is 0 Å². The third-order valence-electron chi connectivity index (χ3n) is 3.68. The van der Waals surface area contributed by atoms with E-state index in [0.29, 0.717) is 0 Å². The number of phenols is 1. The second-order valence-electron chi connectivity index (χ2n) is 6.15. The predicted octanol–water partition coefficient (Wildman–Crippen LogP) is 2.84. The number of hydrogen-bond acceptors (Lipinski definition) is 3. The fraction of sp³-hybridized carbons (Fsp3) is 0.375. The van der Waals surface area contributed by atoms with Crippen LogP contribution in [0.3, 0.4) is 0 Å². The Morgan fingerprint density at radius 1 is 1.15 bits per heavy atom. The van der Waals surface area contributed by atoms with Crippen molar-refractivity contribution in [2.75, 3.05) is 0 Å². The van der Waals surface area contributed by atoms with Gasteiger partial charge < -0.3 is 14.4 Å². The Morgan fingerprint density at radius 2 is 1.85 bits per heavy atom. The van der Waals surface area contributed by atoms with E-state index in [1.54, 1.807) is 12.1 Å². The van der Waals surface area contributed by atoms with Gasteiger partial charge in [0.1, 0.15) is 5.75 Å². The summed E-state index contributed by atoms with van der Waals surface area (Å²) in [7, 11) is -0.327. The molecule has 2 aromatic carbocycles. The minimum absolute atomic E-state index is 0.174. The maximum absolute atomic E-state index is 9.50. The van der Waals surface area contributed by atoms with Gasteiger partial charge in [0.05, 0.1) is 5.60 Å². The minimum atomic E-state index is -0.327. The van der Waals surface area contributed by atoms with E-state index >= 15 is 0 Å². The molecule has 0 aliphatic carbocycles. The molecule has 20 heavy (non-hydrogen) atoms. The number of phenolic OH excluding ortho intramolecular Hbond substituents is 1. The Labute approximate surface area is 119 Å². The molecular weight excluding hydrogens is 251 g/mol. The molecule has 1 fully saturated rings. The fourth-order valence-corrected chi connectivity index (χ4v) is 2.86. The second kappa shape index (κ2) is 4.79. The van der Waals surface area contributed by atoms with Crippen LogP contribution in [0, 0.1) is 0 Å². The number of aromatic hydroxyl groups is 1. The summed E-state index contributed by atoms with van der Waals surface area (Å²) in [6, 6.07) is 11.4. The van der Waals surface area contributed by atoms with E-state index in [1.165, 1.54) is 0 Å². The van der Waals surface area contributed by atoms with E-state index in [4.69, 9.17) is 9.31 Å². The lowest BCUT2D eigenvalue weighted by atomic mass is 9.74. The van der Waals surface area contributed by atoms with Crippen LogP contribution in [0.4, 0.5) is 0 Å². The van der Waals surface area contributed by atoms with Crippen molar-refractivity contribution < 1.29 is 14.4 Å². The number of benzene rings is 2. The predicted molar refractivity (Wildman–Crippen MR) is 81.3 cm³/mol. The van der Waals surface area contributed by atoms with Crippen molar-refractivity contribution in [3.8, 4) is 5.75 Å². The highest BCUT2D eigenvalue weighted by Gasteiger charge is 2.38. The van der Waals surface area contributed by atoms with E-state index in [2.05, 4.69) is 26.8 Å². The van der Waals surface area contributed by atoms with Crippen LogP contribution >= 0.6 is 0 Å². The lowest BCUT2D eigenvalue weighted by Crippen LogP contribution is -2.51. The summed E-state index contributed by atoms with van der Waals surface area (Å²) >= 11 is 0. The molecule has 0 bridgehead atoms. The Hall–Kier alpha value is -1.52. The highest BCUT2D eigenvalue weighted by Crippen LogP contribution is 2.26. The molecule has 0 aromatic heterocycles. The van der Waals surface area contributed by atoms with Crippen LogP contribution in [-0.4, -0.2) is 23.9 Å². The molecule has 3 rings (SSSR count). The van der Waals surface area contributed by atoms with Gasteiger partial charge in [0.25, 0.3) is 0 Å². The minimum Gasteiger partial charge on any atom is -0.508 e. The van der Waals surface area contributed by atoms with Gasteiger partial charge in [-0.2, -0.15) is 0 Å². The zero-order valence-corrected chi connectivity index (χ0v) is 12.1. The standard InChI is InChI=1S/C16H19BO3/c1-11-10-16(2,3)20-17(19-11)14-6-4-13-9-15(18)7-5-12(13)8-14/h4-9,11,18H,10H2,1-3H3. The van der Waals surface area contributed by atoms with Gasteiger partial charge >= 0.3 is 7.12 Å². The number of fused-ring (bicyclic) bond motifs is 1. The maximum Gasteiger partial charge on any atom is 0.494 e. The third kappa shape index (κ3) is 2.67. The van der Waals surface area contributed by atoms with Gasteiger partial charge in [0.2, 0.25) is 0 Å². The first kappa shape index (κ1) is 13.5. The highest BCUT2D eigenvalue weighted by atomic mass is 16.6. The fourth-order valence-electron chi connectivity index (χ4n) is 2.86. The molecule has 0 spiro atoms. The number of rotatable bonds is 1. The quantitative estimate of drug-likeness (QED) is 0.810. The van der Waals surface area contributed by atoms with Gasteiger partial charge in [-0.15, -0.1) is 0 Å². The van der Waals surface area contributed by atoms with Crippen molar-refractivity contribution in [3.63, 3.8) is 0 Å². The summed E-state index contributed by atoms with van der Waals surface area (Å²) in [6.45, 7) is 6.27. The first-order valence-corrected chi connectivity index (χ1v) is 6.99. The van der Waals surface area contributed by atoms with Gasteiger partial charge in [0, 0.05) is 6.10 Å². The molecule has 1 saturated heterocycles. The molecule has 2 aromatic rings. The van der Waals surface area contributed by atoms with Gasteiger partial charge in [-0.1, -0.05) is 24.3 Å². The Kier molecular flexibility index (Phi) is 3.23. The van der Waals surface area contributed by atoms with Crippen LogP contribution in [0.2, 0.25) is 0 Å². The normalized spacial score (nSPS) is 22.1. The SMILES string of the molecule is CC1CC(C)(C)OB(c2ccc3cc(O)ccc3c2)O1. The van der Waals surface area contributed by atoms with E-state index in [-0.39, 0.29) is 24.6 Å². The van der Waals surface area contributed by atoms with Gasteiger partial charge in [-0.05, 0) is 55.6 Å². The van der Waals surface area contributed by atoms with Crippen molar-refractivity contribution >= 4 is 23.4 Å². The average molecular weight is 270 g/mol. The molecule has 0 amide bonds. The van der Waals surface area contributed by atoms with Crippen LogP contribution < -0.4 is 5.46 Å². The Balaban J connectivity index is 1.95. The van der Waals surface area contributed by atoms with Gasteiger partial charge in [0.15, 0.2) is 0 Å². The van der Waals surface area contributed by atoms with Gasteiger partial charge in [-0.3, -0.25) is 0 Å². The Morgan fingerprint density at radius 3 is 2.60 bits per heavy atom. The number of hydrogen-bond donors (Lipinski definition) is 1. The van der Waals surface area contributed by atoms with Crippen LogP contribution in [0.5, 0.6) is 5.75 Å². The van der Waals surface area contributed by atoms with Crippen molar-refractivity contribution in [2.24, 2.45) is 0 Å². The molecule has 1 aliphatic heterocycles. The molecule has 4 heteroatoms. The summed E-state index contributed by atoms with van der Waals surface area (Å²) in [6.07, 6.45) is 1.07. The first-order chi connectivity index (χ1) is 9.43. The molecule has 104 valence electrons. The zero-order chi connectivity index (χ0) is 14.3. The second-order valence-corrected chi connectivity index (χ2v) is 6.15. The van der Waals surface area contributed by atoms with E-state index in [9.17, 15) is 5.11 Å². The summed E-state index contributed by atoms with van der Waals surface area (Å²) in [5, 5.41) is 11.6. The molecule has 1 heterocycles. The first-order valence-electron chi connectivity index (χ1n) is 6.99.